The molecule has 1 amide bonds. The summed E-state index contributed by atoms with van der Waals surface area (Å²) in [6, 6.07) is 0. The van der Waals surface area contributed by atoms with Crippen LogP contribution in [0.15, 0.2) is 12.7 Å². The molecular weight excluding hydrogens is 164 g/mol. The number of hydrogen-bond donors (Lipinski definition) is 1. The van der Waals surface area contributed by atoms with E-state index in [1.54, 1.807) is 0 Å². The highest BCUT2D eigenvalue weighted by Crippen LogP contribution is 2.39. The maximum atomic E-state index is 11.5. The van der Waals surface area contributed by atoms with Crippen molar-refractivity contribution >= 4 is 5.91 Å². The molecule has 0 aromatic carbocycles. The summed E-state index contributed by atoms with van der Waals surface area (Å²) in [4.78, 5) is 11.5. The van der Waals surface area contributed by atoms with Gasteiger partial charge in [0, 0.05) is 19.0 Å². The lowest BCUT2D eigenvalue weighted by Crippen LogP contribution is -2.41. The number of amides is 1. The number of allylic oxidation sites excluding steroid dienone is 1. The lowest BCUT2D eigenvalue weighted by molar-refractivity contribution is -0.126. The Balaban J connectivity index is 1.75. The highest BCUT2D eigenvalue weighted by atomic mass is 16.2. The van der Waals surface area contributed by atoms with E-state index in [4.69, 9.17) is 0 Å². The van der Waals surface area contributed by atoms with E-state index in [0.717, 1.165) is 19.5 Å². The number of carbonyl (C=O) groups is 1. The Morgan fingerprint density at radius 3 is 2.69 bits per heavy atom. The molecule has 0 aromatic rings. The number of nitrogens with one attached hydrogen (secondary N) is 1. The van der Waals surface area contributed by atoms with Crippen LogP contribution in [0, 0.1) is 11.8 Å². The second-order valence-electron chi connectivity index (χ2n) is 3.91. The highest BCUT2D eigenvalue weighted by molar-refractivity contribution is 5.81. The molecule has 0 spiro atoms. The van der Waals surface area contributed by atoms with Crippen molar-refractivity contribution in [2.45, 2.75) is 19.3 Å². The van der Waals surface area contributed by atoms with Crippen LogP contribution in [0.2, 0.25) is 0 Å². The molecule has 1 saturated carbocycles. The molecule has 0 radical (unpaired) electrons. The van der Waals surface area contributed by atoms with Crippen LogP contribution in [0.1, 0.15) is 19.3 Å². The second-order valence-corrected chi connectivity index (χ2v) is 3.91. The summed E-state index contributed by atoms with van der Waals surface area (Å²) in [6.45, 7) is 5.72. The summed E-state index contributed by atoms with van der Waals surface area (Å²) >= 11 is 0. The predicted molar refractivity (Wildman–Crippen MR) is 50.7 cm³/mol. The second kappa shape index (κ2) is 3.50. The van der Waals surface area contributed by atoms with Gasteiger partial charge in [-0.2, -0.15) is 0 Å². The van der Waals surface area contributed by atoms with Gasteiger partial charge < -0.3 is 0 Å². The molecule has 1 aliphatic carbocycles. The van der Waals surface area contributed by atoms with Crippen LogP contribution >= 0.6 is 0 Å². The molecule has 1 heterocycles. The average molecular weight is 180 g/mol. The van der Waals surface area contributed by atoms with Crippen molar-refractivity contribution in [3.63, 3.8) is 0 Å². The van der Waals surface area contributed by atoms with Gasteiger partial charge in [-0.1, -0.05) is 6.08 Å². The van der Waals surface area contributed by atoms with Crippen LogP contribution in [-0.4, -0.2) is 24.0 Å². The lowest BCUT2D eigenvalue weighted by atomic mass is 10.3. The zero-order valence-corrected chi connectivity index (χ0v) is 7.83. The van der Waals surface area contributed by atoms with Crippen LogP contribution in [-0.2, 0) is 4.79 Å². The van der Waals surface area contributed by atoms with E-state index in [1.807, 2.05) is 11.1 Å². The summed E-state index contributed by atoms with van der Waals surface area (Å²) in [6.07, 6.45) is 5.28. The first-order valence-electron chi connectivity index (χ1n) is 4.99. The van der Waals surface area contributed by atoms with Gasteiger partial charge in [0.1, 0.15) is 0 Å². The molecular formula is C10H16N2O. The molecule has 2 atom stereocenters. The summed E-state index contributed by atoms with van der Waals surface area (Å²) < 4.78 is 0. The maximum Gasteiger partial charge on any atom is 0.238 e. The molecule has 1 aliphatic heterocycles. The van der Waals surface area contributed by atoms with Crippen molar-refractivity contribution in [2.24, 2.45) is 11.8 Å². The molecule has 2 rings (SSSR count). The van der Waals surface area contributed by atoms with Gasteiger partial charge in [0.05, 0.1) is 0 Å². The van der Waals surface area contributed by atoms with E-state index < -0.39 is 0 Å². The molecule has 1 N–H and O–H groups in total. The fourth-order valence-corrected chi connectivity index (χ4v) is 1.84. The zero-order chi connectivity index (χ0) is 9.26. The van der Waals surface area contributed by atoms with Gasteiger partial charge in [0.25, 0.3) is 0 Å². The minimum atomic E-state index is 0.187. The number of rotatable bonds is 3. The molecule has 13 heavy (non-hydrogen) atoms. The minimum Gasteiger partial charge on any atom is -0.289 e. The monoisotopic (exact) mass is 180 g/mol. The fourth-order valence-electron chi connectivity index (χ4n) is 1.84. The van der Waals surface area contributed by atoms with Gasteiger partial charge in [-0.25, -0.2) is 5.01 Å². The molecule has 72 valence electrons. The fraction of sp³-hybridized carbons (Fsp3) is 0.700. The van der Waals surface area contributed by atoms with Crippen LogP contribution in [0.5, 0.6) is 0 Å². The van der Waals surface area contributed by atoms with Crippen LogP contribution in [0.4, 0.5) is 0 Å². The first-order valence-corrected chi connectivity index (χ1v) is 4.99. The Morgan fingerprint density at radius 2 is 2.15 bits per heavy atom. The molecule has 0 unspecified atom stereocenters. The maximum absolute atomic E-state index is 11.5. The quantitative estimate of drug-likeness (QED) is 0.655. The minimum absolute atomic E-state index is 0.187. The van der Waals surface area contributed by atoms with E-state index >= 15 is 0 Å². The third-order valence-electron chi connectivity index (χ3n) is 2.85. The number of hydrazine groups is 1. The normalized spacial score (nSPS) is 32.9. The Labute approximate surface area is 78.8 Å². The van der Waals surface area contributed by atoms with E-state index in [0.29, 0.717) is 5.92 Å². The van der Waals surface area contributed by atoms with Gasteiger partial charge >= 0.3 is 0 Å². The molecule has 3 nitrogen and oxygen atoms in total. The van der Waals surface area contributed by atoms with Crippen molar-refractivity contribution < 1.29 is 4.79 Å². The highest BCUT2D eigenvalue weighted by Gasteiger charge is 2.41. The lowest BCUT2D eigenvalue weighted by Gasteiger charge is -2.15. The summed E-state index contributed by atoms with van der Waals surface area (Å²) in [5.74, 6) is 0.826. The number of nitrogens with zero attached hydrogens (tertiary/aromatic N) is 1. The van der Waals surface area contributed by atoms with Crippen molar-refractivity contribution in [3.05, 3.63) is 12.7 Å². The van der Waals surface area contributed by atoms with Crippen LogP contribution < -0.4 is 5.43 Å². The Kier molecular flexibility index (Phi) is 2.36. The molecule has 2 fully saturated rings. The Hall–Kier alpha value is -0.830. The zero-order valence-electron chi connectivity index (χ0n) is 7.83. The predicted octanol–water partition coefficient (Wildman–Crippen LogP) is 0.935. The van der Waals surface area contributed by atoms with E-state index in [1.165, 1.54) is 12.8 Å². The summed E-state index contributed by atoms with van der Waals surface area (Å²) in [7, 11) is 0. The molecule has 2 aliphatic rings. The van der Waals surface area contributed by atoms with Gasteiger partial charge in [0.15, 0.2) is 0 Å². The van der Waals surface area contributed by atoms with Gasteiger partial charge in [-0.3, -0.25) is 10.2 Å². The summed E-state index contributed by atoms with van der Waals surface area (Å²) in [5.41, 5.74) is 2.95. The topological polar surface area (TPSA) is 32.3 Å². The van der Waals surface area contributed by atoms with Crippen molar-refractivity contribution in [1.82, 2.24) is 10.4 Å². The first kappa shape index (κ1) is 8.75. The average Bonchev–Trinajstić information content (AvgIpc) is 2.77. The largest absolute Gasteiger partial charge is 0.289 e. The Bertz CT molecular complexity index is 221. The standard InChI is InChI=1S/C10H16N2O/c1-2-8-7-9(8)10(13)11-12-5-3-4-6-12/h2,8-9H,1,3-7H2,(H,11,13)/t8-,9+/m1/s1. The summed E-state index contributed by atoms with van der Waals surface area (Å²) in [5, 5.41) is 2.03. The van der Waals surface area contributed by atoms with Gasteiger partial charge in [-0.15, -0.1) is 6.58 Å². The first-order chi connectivity index (χ1) is 6.31. The molecule has 0 aromatic heterocycles. The van der Waals surface area contributed by atoms with E-state index in [-0.39, 0.29) is 11.8 Å². The van der Waals surface area contributed by atoms with Gasteiger partial charge in [0.2, 0.25) is 5.91 Å². The molecule has 3 heteroatoms. The Morgan fingerprint density at radius 1 is 1.46 bits per heavy atom. The molecule has 0 bridgehead atoms. The van der Waals surface area contributed by atoms with E-state index in [9.17, 15) is 4.79 Å². The van der Waals surface area contributed by atoms with Crippen molar-refractivity contribution in [3.8, 4) is 0 Å². The van der Waals surface area contributed by atoms with Crippen molar-refractivity contribution in [1.29, 1.82) is 0 Å². The number of hydrogen-bond acceptors (Lipinski definition) is 2. The number of carbonyl (C=O) groups excluding carboxylic acids is 1. The molecule has 1 saturated heterocycles. The third-order valence-corrected chi connectivity index (χ3v) is 2.85. The SMILES string of the molecule is C=C[C@@H]1C[C@@H]1C(=O)NN1CCCC1. The third kappa shape index (κ3) is 1.91. The van der Waals surface area contributed by atoms with Crippen LogP contribution in [0.25, 0.3) is 0 Å². The van der Waals surface area contributed by atoms with Gasteiger partial charge in [-0.05, 0) is 25.2 Å². The van der Waals surface area contributed by atoms with E-state index in [2.05, 4.69) is 12.0 Å². The van der Waals surface area contributed by atoms with Crippen LogP contribution in [0.3, 0.4) is 0 Å². The van der Waals surface area contributed by atoms with Crippen molar-refractivity contribution in [2.75, 3.05) is 13.1 Å². The smallest absolute Gasteiger partial charge is 0.238 e.